The third-order valence-electron chi connectivity index (χ3n) is 5.92. The number of fused-ring (bicyclic) bond motifs is 7. The number of aromatic nitrogens is 1. The molecule has 0 N–H and O–H groups in total. The quantitative estimate of drug-likeness (QED) is 0.190. The summed E-state index contributed by atoms with van der Waals surface area (Å²) in [6, 6.07) is 18.8. The fourth-order valence-corrected chi connectivity index (χ4v) is 4.45. The van der Waals surface area contributed by atoms with Crippen LogP contribution in [0.3, 0.4) is 0 Å². The summed E-state index contributed by atoms with van der Waals surface area (Å²) in [6.45, 7) is 2.45. The molecule has 0 fully saturated rings. The number of esters is 1. The third kappa shape index (κ3) is 2.67. The molecule has 30 heavy (non-hydrogen) atoms. The first kappa shape index (κ1) is 18.6. The molecular weight excluding hydrogens is 377 g/mol. The van der Waals surface area contributed by atoms with Gasteiger partial charge in [0.15, 0.2) is 0 Å². The number of carbonyl (C=O) groups excluding carboxylic acids is 1. The van der Waals surface area contributed by atoms with E-state index in [2.05, 4.69) is 17.6 Å². The molecule has 4 heteroatoms. The molecule has 5 rings (SSSR count). The van der Waals surface area contributed by atoms with Crippen LogP contribution < -0.4 is 0 Å². The minimum atomic E-state index is -0.338. The van der Waals surface area contributed by atoms with Crippen LogP contribution in [0.5, 0.6) is 0 Å². The van der Waals surface area contributed by atoms with Crippen molar-refractivity contribution in [3.8, 4) is 0 Å². The number of aryl methyl sites for hydroxylation is 1. The lowest BCUT2D eigenvalue weighted by Gasteiger charge is -2.12. The number of carbonyl (C=O) groups is 1. The first-order valence-electron chi connectivity index (χ1n) is 10.3. The van der Waals surface area contributed by atoms with Gasteiger partial charge >= 0.3 is 5.97 Å². The molecule has 0 radical (unpaired) electrons. The van der Waals surface area contributed by atoms with E-state index < -0.39 is 0 Å². The van der Waals surface area contributed by atoms with Crippen LogP contribution in [-0.2, 0) is 11.8 Å². The second-order valence-electron chi connectivity index (χ2n) is 7.71. The van der Waals surface area contributed by atoms with Crippen LogP contribution in [0.1, 0.15) is 30.1 Å². The smallest absolute Gasteiger partial charge is 0.340 e. The zero-order chi connectivity index (χ0) is 20.8. The van der Waals surface area contributed by atoms with Crippen LogP contribution in [0.25, 0.3) is 43.4 Å². The summed E-state index contributed by atoms with van der Waals surface area (Å²) >= 11 is 0. The van der Waals surface area contributed by atoms with Gasteiger partial charge in [0.2, 0.25) is 0 Å². The van der Waals surface area contributed by atoms with Gasteiger partial charge in [-0.3, -0.25) is 0 Å². The van der Waals surface area contributed by atoms with Gasteiger partial charge in [0.05, 0.1) is 17.7 Å². The van der Waals surface area contributed by atoms with Crippen molar-refractivity contribution in [2.45, 2.75) is 19.8 Å². The molecule has 150 valence electrons. The lowest BCUT2D eigenvalue weighted by atomic mass is 9.95. The number of hydrogen-bond acceptors (Lipinski definition) is 2. The van der Waals surface area contributed by atoms with Crippen molar-refractivity contribution < 1.29 is 13.9 Å². The molecule has 0 spiro atoms. The highest BCUT2D eigenvalue weighted by molar-refractivity contribution is 6.28. The van der Waals surface area contributed by atoms with Crippen LogP contribution in [0.15, 0.2) is 60.7 Å². The fourth-order valence-electron chi connectivity index (χ4n) is 4.45. The lowest BCUT2D eigenvalue weighted by molar-refractivity contribution is 0.0502. The van der Waals surface area contributed by atoms with Gasteiger partial charge in [-0.25, -0.2) is 9.18 Å². The summed E-state index contributed by atoms with van der Waals surface area (Å²) in [6.07, 6.45) is 1.78. The summed E-state index contributed by atoms with van der Waals surface area (Å²) in [5, 5.41) is 5.28. The monoisotopic (exact) mass is 399 g/mol. The minimum absolute atomic E-state index is 0.264. The van der Waals surface area contributed by atoms with Gasteiger partial charge in [-0.2, -0.15) is 0 Å². The second kappa shape index (κ2) is 7.13. The number of nitrogens with zero attached hydrogens (tertiary/aromatic N) is 1. The Bertz CT molecular complexity index is 1450. The Morgan fingerprint density at radius 2 is 1.70 bits per heavy atom. The molecule has 0 unspecified atom stereocenters. The fraction of sp³-hybridized carbons (Fsp3) is 0.192. The molecule has 1 aromatic heterocycles. The third-order valence-corrected chi connectivity index (χ3v) is 5.92. The van der Waals surface area contributed by atoms with Gasteiger partial charge in [0, 0.05) is 28.7 Å². The van der Waals surface area contributed by atoms with Gasteiger partial charge < -0.3 is 9.30 Å². The van der Waals surface area contributed by atoms with Gasteiger partial charge in [-0.15, -0.1) is 0 Å². The zero-order valence-electron chi connectivity index (χ0n) is 17.0. The zero-order valence-corrected chi connectivity index (χ0v) is 17.0. The Labute approximate surface area is 173 Å². The number of unbranched alkanes of at least 4 members (excludes halogenated alkanes) is 1. The molecular formula is C26H22FNO2. The number of benzene rings is 4. The van der Waals surface area contributed by atoms with E-state index in [9.17, 15) is 9.18 Å². The van der Waals surface area contributed by atoms with Gasteiger partial charge in [0.1, 0.15) is 5.82 Å². The normalized spacial score (nSPS) is 11.7. The van der Waals surface area contributed by atoms with E-state index in [1.807, 2.05) is 49.5 Å². The van der Waals surface area contributed by atoms with Crippen molar-refractivity contribution in [3.05, 3.63) is 72.0 Å². The van der Waals surface area contributed by atoms with E-state index in [0.29, 0.717) is 17.6 Å². The van der Waals surface area contributed by atoms with Gasteiger partial charge in [-0.1, -0.05) is 55.8 Å². The predicted molar refractivity (Wildman–Crippen MR) is 121 cm³/mol. The molecule has 0 amide bonds. The highest BCUT2D eigenvalue weighted by atomic mass is 19.1. The van der Waals surface area contributed by atoms with E-state index in [1.54, 1.807) is 6.07 Å². The lowest BCUT2D eigenvalue weighted by Crippen LogP contribution is -2.08. The van der Waals surface area contributed by atoms with Crippen molar-refractivity contribution in [3.63, 3.8) is 0 Å². The average Bonchev–Trinajstić information content (AvgIpc) is 3.06. The Morgan fingerprint density at radius 1 is 0.933 bits per heavy atom. The molecule has 0 aliphatic carbocycles. The van der Waals surface area contributed by atoms with E-state index in [0.717, 1.165) is 50.8 Å². The molecule has 3 nitrogen and oxygen atoms in total. The largest absolute Gasteiger partial charge is 0.462 e. The maximum absolute atomic E-state index is 14.5. The van der Waals surface area contributed by atoms with Crippen molar-refractivity contribution >= 4 is 49.3 Å². The first-order valence-corrected chi connectivity index (χ1v) is 10.3. The Hall–Kier alpha value is -3.40. The Kier molecular flexibility index (Phi) is 4.43. The average molecular weight is 399 g/mol. The van der Waals surface area contributed by atoms with Crippen molar-refractivity contribution in [1.29, 1.82) is 0 Å². The van der Waals surface area contributed by atoms with Crippen LogP contribution in [-0.4, -0.2) is 17.1 Å². The van der Waals surface area contributed by atoms with Crippen LogP contribution in [0.2, 0.25) is 0 Å². The summed E-state index contributed by atoms with van der Waals surface area (Å²) < 4.78 is 22.1. The SMILES string of the molecule is CCCCOC(=O)c1cc2c3cccc(F)c3ccc2c2c3ccccc3n(C)c12. The molecule has 4 aromatic carbocycles. The molecule has 0 bridgehead atoms. The van der Waals surface area contributed by atoms with E-state index in [-0.39, 0.29) is 11.8 Å². The molecule has 0 aliphatic rings. The Morgan fingerprint density at radius 3 is 2.53 bits per heavy atom. The number of rotatable bonds is 4. The summed E-state index contributed by atoms with van der Waals surface area (Å²) in [5.41, 5.74) is 2.41. The summed E-state index contributed by atoms with van der Waals surface area (Å²) in [4.78, 5) is 13.1. The molecule has 5 aromatic rings. The molecule has 0 saturated heterocycles. The maximum atomic E-state index is 14.5. The number of hydrogen-bond donors (Lipinski definition) is 0. The highest BCUT2D eigenvalue weighted by Gasteiger charge is 2.21. The van der Waals surface area contributed by atoms with Crippen molar-refractivity contribution in [1.82, 2.24) is 4.57 Å². The minimum Gasteiger partial charge on any atom is -0.462 e. The number of halogens is 1. The second-order valence-corrected chi connectivity index (χ2v) is 7.71. The molecule has 0 saturated carbocycles. The molecule has 0 atom stereocenters. The first-order chi connectivity index (χ1) is 14.6. The Balaban J connectivity index is 1.94. The summed E-state index contributed by atoms with van der Waals surface area (Å²) in [5.74, 6) is -0.603. The van der Waals surface area contributed by atoms with Crippen LogP contribution in [0.4, 0.5) is 4.39 Å². The number of ether oxygens (including phenoxy) is 1. The maximum Gasteiger partial charge on any atom is 0.340 e. The number of para-hydroxylation sites is 1. The van der Waals surface area contributed by atoms with Crippen molar-refractivity contribution in [2.24, 2.45) is 7.05 Å². The standard InChI is InChI=1S/C26H22FNO2/c1-3-4-14-30-26(29)21-15-20-16-9-7-10-22(27)17(16)12-13-18(20)24-19-8-5-6-11-23(19)28(2)25(21)24/h5-13,15H,3-4,14H2,1-2H3. The van der Waals surface area contributed by atoms with Crippen molar-refractivity contribution in [2.75, 3.05) is 6.61 Å². The van der Waals surface area contributed by atoms with Crippen LogP contribution in [0, 0.1) is 5.82 Å². The summed E-state index contributed by atoms with van der Waals surface area (Å²) in [7, 11) is 1.97. The predicted octanol–water partition coefficient (Wildman–Crippen LogP) is 6.73. The van der Waals surface area contributed by atoms with E-state index in [1.165, 1.54) is 6.07 Å². The van der Waals surface area contributed by atoms with E-state index >= 15 is 0 Å². The molecule has 1 heterocycles. The van der Waals surface area contributed by atoms with Crippen LogP contribution >= 0.6 is 0 Å². The van der Waals surface area contributed by atoms with Gasteiger partial charge in [-0.05, 0) is 40.8 Å². The highest BCUT2D eigenvalue weighted by Crippen LogP contribution is 2.39. The van der Waals surface area contributed by atoms with E-state index in [4.69, 9.17) is 4.74 Å². The topological polar surface area (TPSA) is 31.2 Å². The molecule has 0 aliphatic heterocycles. The van der Waals surface area contributed by atoms with Gasteiger partial charge in [0.25, 0.3) is 0 Å².